The van der Waals surface area contributed by atoms with Gasteiger partial charge in [0.05, 0.1) is 5.69 Å². The molecule has 1 aliphatic heterocycles. The van der Waals surface area contributed by atoms with Gasteiger partial charge < -0.3 is 14.1 Å². The van der Waals surface area contributed by atoms with Crippen molar-refractivity contribution in [3.8, 4) is 56.0 Å². The van der Waals surface area contributed by atoms with Crippen molar-refractivity contribution in [3.05, 3.63) is 199 Å². The molecule has 0 atom stereocenters. The highest BCUT2D eigenvalue weighted by molar-refractivity contribution is 6.10. The Balaban J connectivity index is 1.01. The molecular weight excluding hydrogens is 707 g/mol. The maximum absolute atomic E-state index is 6.77. The number of fused-ring (bicyclic) bond motifs is 8. The monoisotopic (exact) mass is 743 g/mol. The summed E-state index contributed by atoms with van der Waals surface area (Å²) < 4.78 is 13.2. The Hall–Kier alpha value is -7.36. The lowest BCUT2D eigenvalue weighted by Crippen LogP contribution is -2.20. The van der Waals surface area contributed by atoms with Crippen LogP contribution in [-0.4, -0.2) is 0 Å². The molecule has 0 unspecified atom stereocenters. The molecule has 0 fully saturated rings. The van der Waals surface area contributed by atoms with Crippen LogP contribution in [0.2, 0.25) is 0 Å². The fourth-order valence-corrected chi connectivity index (χ4v) is 9.79. The molecule has 3 nitrogen and oxygen atoms in total. The largest absolute Gasteiger partial charge is 0.456 e. The Labute approximate surface area is 337 Å². The molecule has 1 aliphatic carbocycles. The molecule has 1 aromatic heterocycles. The first kappa shape index (κ1) is 32.8. The maximum atomic E-state index is 6.77. The van der Waals surface area contributed by atoms with E-state index in [4.69, 9.17) is 9.15 Å². The van der Waals surface area contributed by atoms with Gasteiger partial charge in [0.15, 0.2) is 0 Å². The third kappa shape index (κ3) is 4.80. The van der Waals surface area contributed by atoms with Crippen molar-refractivity contribution in [1.82, 2.24) is 0 Å². The van der Waals surface area contributed by atoms with Gasteiger partial charge in [0.1, 0.15) is 22.7 Å². The highest BCUT2D eigenvalue weighted by Crippen LogP contribution is 2.55. The predicted molar refractivity (Wildman–Crippen MR) is 240 cm³/mol. The minimum absolute atomic E-state index is 0.210. The Kier molecular flexibility index (Phi) is 6.98. The van der Waals surface area contributed by atoms with Crippen LogP contribution in [0.4, 0.5) is 17.1 Å². The van der Waals surface area contributed by atoms with Gasteiger partial charge in [0.2, 0.25) is 0 Å². The van der Waals surface area contributed by atoms with Gasteiger partial charge in [-0.15, -0.1) is 0 Å². The van der Waals surface area contributed by atoms with Crippen molar-refractivity contribution < 1.29 is 9.15 Å². The number of benzene rings is 9. The Morgan fingerprint density at radius 2 is 1.10 bits per heavy atom. The zero-order valence-corrected chi connectivity index (χ0v) is 32.2. The summed E-state index contributed by atoms with van der Waals surface area (Å²) in [5, 5.41) is 4.59. The van der Waals surface area contributed by atoms with E-state index in [9.17, 15) is 0 Å². The first-order valence-corrected chi connectivity index (χ1v) is 20.0. The molecule has 58 heavy (non-hydrogen) atoms. The lowest BCUT2D eigenvalue weighted by atomic mass is 9.81. The van der Waals surface area contributed by atoms with Gasteiger partial charge in [0.25, 0.3) is 0 Å². The fourth-order valence-electron chi connectivity index (χ4n) is 9.79. The highest BCUT2D eigenvalue weighted by atomic mass is 16.5. The van der Waals surface area contributed by atoms with E-state index in [0.717, 1.165) is 72.6 Å². The molecule has 10 aromatic rings. The van der Waals surface area contributed by atoms with Crippen LogP contribution in [0.25, 0.3) is 77.2 Å². The molecule has 0 saturated carbocycles. The Bertz CT molecular complexity index is 3300. The molecule has 0 amide bonds. The fraction of sp³-hybridized carbons (Fsp3) is 0.0545. The quantitative estimate of drug-likeness (QED) is 0.176. The smallest absolute Gasteiger partial charge is 0.137 e. The summed E-state index contributed by atoms with van der Waals surface area (Å²) in [5.41, 5.74) is 17.0. The molecule has 9 aromatic carbocycles. The molecule has 0 radical (unpaired) electrons. The van der Waals surface area contributed by atoms with Crippen LogP contribution in [0.15, 0.2) is 192 Å². The van der Waals surface area contributed by atoms with E-state index in [1.165, 1.54) is 44.3 Å². The summed E-state index contributed by atoms with van der Waals surface area (Å²) in [5.74, 6) is 1.75. The van der Waals surface area contributed by atoms with Crippen molar-refractivity contribution >= 4 is 49.8 Å². The summed E-state index contributed by atoms with van der Waals surface area (Å²) in [7, 11) is 0. The molecule has 0 saturated heterocycles. The second-order valence-corrected chi connectivity index (χ2v) is 16.1. The van der Waals surface area contributed by atoms with Crippen LogP contribution in [0.3, 0.4) is 0 Å². The predicted octanol–water partition coefficient (Wildman–Crippen LogP) is 15.6. The van der Waals surface area contributed by atoms with Crippen molar-refractivity contribution in [2.24, 2.45) is 0 Å². The third-order valence-electron chi connectivity index (χ3n) is 12.4. The SMILES string of the molecule is CC1(C)c2ccccc2-c2cccc(N(c3cccc(-c4ccc5c(c4)Oc4ccc(-c6ccccc6)c6cccc-5c46)c3)c3ccc4c(c3)oc3ccccc34)c21. The summed E-state index contributed by atoms with van der Waals surface area (Å²) in [4.78, 5) is 2.42. The normalized spacial score (nSPS) is 13.3. The summed E-state index contributed by atoms with van der Waals surface area (Å²) >= 11 is 0. The van der Waals surface area contributed by atoms with Gasteiger partial charge in [-0.1, -0.05) is 141 Å². The number of rotatable bonds is 5. The second-order valence-electron chi connectivity index (χ2n) is 16.1. The van der Waals surface area contributed by atoms with Crippen molar-refractivity contribution in [2.75, 3.05) is 4.90 Å². The maximum Gasteiger partial charge on any atom is 0.137 e. The summed E-state index contributed by atoms with van der Waals surface area (Å²) in [6, 6.07) is 67.6. The average Bonchev–Trinajstić information content (AvgIpc) is 3.76. The molecular formula is C55H37NO2. The number of hydrogen-bond donors (Lipinski definition) is 0. The average molecular weight is 744 g/mol. The van der Waals surface area contributed by atoms with Crippen LogP contribution in [-0.2, 0) is 5.41 Å². The van der Waals surface area contributed by atoms with Crippen molar-refractivity contribution in [2.45, 2.75) is 19.3 Å². The Morgan fingerprint density at radius 3 is 2.03 bits per heavy atom. The molecule has 274 valence electrons. The lowest BCUT2D eigenvalue weighted by molar-refractivity contribution is 0.487. The number of furan rings is 1. The van der Waals surface area contributed by atoms with E-state index in [0.29, 0.717) is 0 Å². The third-order valence-corrected chi connectivity index (χ3v) is 12.4. The molecule has 3 heteroatoms. The van der Waals surface area contributed by atoms with Gasteiger partial charge in [-0.05, 0) is 110 Å². The topological polar surface area (TPSA) is 25.6 Å². The summed E-state index contributed by atoms with van der Waals surface area (Å²) in [6.07, 6.45) is 0. The second kappa shape index (κ2) is 12.3. The van der Waals surface area contributed by atoms with E-state index in [-0.39, 0.29) is 5.41 Å². The highest BCUT2D eigenvalue weighted by Gasteiger charge is 2.39. The van der Waals surface area contributed by atoms with Gasteiger partial charge >= 0.3 is 0 Å². The van der Waals surface area contributed by atoms with Crippen LogP contribution in [0.5, 0.6) is 11.5 Å². The number of anilines is 3. The van der Waals surface area contributed by atoms with E-state index >= 15 is 0 Å². The van der Waals surface area contributed by atoms with Crippen molar-refractivity contribution in [3.63, 3.8) is 0 Å². The van der Waals surface area contributed by atoms with E-state index in [1.54, 1.807) is 0 Å². The number of nitrogens with zero attached hydrogens (tertiary/aromatic N) is 1. The first-order valence-electron chi connectivity index (χ1n) is 20.0. The molecule has 12 rings (SSSR count). The van der Waals surface area contributed by atoms with Crippen molar-refractivity contribution in [1.29, 1.82) is 0 Å². The van der Waals surface area contributed by atoms with Gasteiger partial charge in [-0.2, -0.15) is 0 Å². The van der Waals surface area contributed by atoms with E-state index in [1.807, 2.05) is 12.1 Å². The number of ether oxygens (including phenoxy) is 1. The molecule has 0 spiro atoms. The minimum Gasteiger partial charge on any atom is -0.456 e. The van der Waals surface area contributed by atoms with Crippen LogP contribution in [0.1, 0.15) is 25.0 Å². The van der Waals surface area contributed by atoms with Gasteiger partial charge in [-0.25, -0.2) is 0 Å². The molecule has 2 aliphatic rings. The summed E-state index contributed by atoms with van der Waals surface area (Å²) in [6.45, 7) is 4.71. The standard InChI is InChI=1S/C55H37NO2/c1-55(2)47-22-8-6-17-40(47)46-21-12-23-48(54(46)55)56(38-26-28-42-41-18-7-9-24-49(41)57-52(42)33-38)37-16-10-15-35(31-37)36-25-27-43-45-20-11-19-44-39(34-13-4-3-5-14-34)29-30-50(53(44)45)58-51(43)32-36/h3-33H,1-2H3. The first-order chi connectivity index (χ1) is 28.5. The Morgan fingerprint density at radius 1 is 0.414 bits per heavy atom. The lowest BCUT2D eigenvalue weighted by Gasteiger charge is -2.32. The molecule has 0 N–H and O–H groups in total. The van der Waals surface area contributed by atoms with Gasteiger partial charge in [0, 0.05) is 44.6 Å². The van der Waals surface area contributed by atoms with Crippen LogP contribution >= 0.6 is 0 Å². The molecule has 0 bridgehead atoms. The molecule has 2 heterocycles. The number of hydrogen-bond acceptors (Lipinski definition) is 3. The van der Waals surface area contributed by atoms with Gasteiger partial charge in [-0.3, -0.25) is 0 Å². The zero-order valence-electron chi connectivity index (χ0n) is 32.2. The van der Waals surface area contributed by atoms with Crippen LogP contribution < -0.4 is 9.64 Å². The van der Waals surface area contributed by atoms with E-state index < -0.39 is 0 Å². The number of para-hydroxylation sites is 1. The zero-order chi connectivity index (χ0) is 38.5. The van der Waals surface area contributed by atoms with E-state index in [2.05, 4.69) is 195 Å². The minimum atomic E-state index is -0.210. The van der Waals surface area contributed by atoms with Crippen LogP contribution in [0, 0.1) is 0 Å².